The van der Waals surface area contributed by atoms with E-state index >= 15 is 0 Å². The Bertz CT molecular complexity index is 767. The number of benzene rings is 2. The van der Waals surface area contributed by atoms with E-state index in [1.54, 1.807) is 0 Å². The second-order valence-electron chi connectivity index (χ2n) is 3.82. The van der Waals surface area contributed by atoms with Gasteiger partial charge in [-0.25, -0.2) is 12.8 Å². The van der Waals surface area contributed by atoms with Crippen LogP contribution in [0.5, 0.6) is 5.75 Å². The Hall–Kier alpha value is -1.31. The number of anilines is 1. The fourth-order valence-electron chi connectivity index (χ4n) is 1.49. The van der Waals surface area contributed by atoms with Gasteiger partial charge in [-0.05, 0) is 30.3 Å². The number of hydrogen-bond acceptors (Lipinski definition) is 3. The molecule has 0 heterocycles. The molecule has 4 nitrogen and oxygen atoms in total. The molecule has 0 fully saturated rings. The summed E-state index contributed by atoms with van der Waals surface area (Å²) in [6.07, 6.45) is 0. The number of hydrogen-bond donors (Lipinski definition) is 2. The highest BCUT2D eigenvalue weighted by Crippen LogP contribution is 2.33. The molecule has 8 heteroatoms. The molecule has 2 aromatic carbocycles. The largest absolute Gasteiger partial charge is 0.504 e. The molecule has 0 saturated heterocycles. The first-order valence-corrected chi connectivity index (χ1v) is 7.92. The Labute approximate surface area is 128 Å². The molecule has 20 heavy (non-hydrogen) atoms. The number of aromatic hydroxyl groups is 1. The molecule has 2 aromatic rings. The van der Waals surface area contributed by atoms with Crippen LogP contribution >= 0.6 is 27.5 Å². The van der Waals surface area contributed by atoms with Crippen LogP contribution in [0, 0.1) is 5.82 Å². The highest BCUT2D eigenvalue weighted by Gasteiger charge is 2.21. The van der Waals surface area contributed by atoms with Crippen LogP contribution in [0.2, 0.25) is 5.02 Å². The fourth-order valence-corrected chi connectivity index (χ4v) is 3.13. The summed E-state index contributed by atoms with van der Waals surface area (Å²) < 4.78 is 40.3. The van der Waals surface area contributed by atoms with Crippen LogP contribution in [0.15, 0.2) is 45.8 Å². The summed E-state index contributed by atoms with van der Waals surface area (Å²) in [6, 6.07) is 7.72. The van der Waals surface area contributed by atoms with Crippen molar-refractivity contribution in [3.8, 4) is 5.75 Å². The van der Waals surface area contributed by atoms with Gasteiger partial charge in [-0.1, -0.05) is 33.6 Å². The lowest BCUT2D eigenvalue weighted by molar-refractivity contribution is 0.478. The zero-order valence-corrected chi connectivity index (χ0v) is 12.9. The molecular formula is C12H8BrClFNO3S. The van der Waals surface area contributed by atoms with Crippen molar-refractivity contribution in [2.75, 3.05) is 4.72 Å². The summed E-state index contributed by atoms with van der Waals surface area (Å²) >= 11 is 8.71. The molecule has 0 spiro atoms. The van der Waals surface area contributed by atoms with Gasteiger partial charge in [0.15, 0.2) is 5.75 Å². The van der Waals surface area contributed by atoms with Crippen molar-refractivity contribution in [1.82, 2.24) is 0 Å². The van der Waals surface area contributed by atoms with Crippen molar-refractivity contribution >= 4 is 43.2 Å². The molecule has 0 aromatic heterocycles. The third kappa shape index (κ3) is 3.05. The molecule has 0 aliphatic rings. The van der Waals surface area contributed by atoms with E-state index in [1.807, 2.05) is 0 Å². The lowest BCUT2D eigenvalue weighted by Gasteiger charge is -2.11. The van der Waals surface area contributed by atoms with Crippen LogP contribution in [0.4, 0.5) is 10.1 Å². The van der Waals surface area contributed by atoms with E-state index < -0.39 is 26.5 Å². The summed E-state index contributed by atoms with van der Waals surface area (Å²) in [6.45, 7) is 0. The van der Waals surface area contributed by atoms with E-state index in [4.69, 9.17) is 11.6 Å². The number of sulfonamides is 1. The molecular weight excluding hydrogens is 373 g/mol. The van der Waals surface area contributed by atoms with E-state index in [2.05, 4.69) is 20.7 Å². The van der Waals surface area contributed by atoms with E-state index in [0.29, 0.717) is 4.47 Å². The minimum absolute atomic E-state index is 0.0125. The highest BCUT2D eigenvalue weighted by atomic mass is 79.9. The lowest BCUT2D eigenvalue weighted by atomic mass is 10.3. The number of para-hydroxylation sites is 1. The van der Waals surface area contributed by atoms with Crippen LogP contribution in [0.1, 0.15) is 0 Å². The summed E-state index contributed by atoms with van der Waals surface area (Å²) in [5.74, 6) is -1.33. The van der Waals surface area contributed by atoms with Gasteiger partial charge in [-0.2, -0.15) is 0 Å². The first-order valence-electron chi connectivity index (χ1n) is 5.26. The Morgan fingerprint density at radius 3 is 2.60 bits per heavy atom. The zero-order valence-electron chi connectivity index (χ0n) is 9.77. The van der Waals surface area contributed by atoms with Crippen molar-refractivity contribution in [3.63, 3.8) is 0 Å². The summed E-state index contributed by atoms with van der Waals surface area (Å²) in [7, 11) is -4.16. The van der Waals surface area contributed by atoms with Crippen molar-refractivity contribution in [2.45, 2.75) is 4.90 Å². The summed E-state index contributed by atoms with van der Waals surface area (Å²) in [5, 5.41) is 9.65. The topological polar surface area (TPSA) is 66.4 Å². The van der Waals surface area contributed by atoms with Crippen molar-refractivity contribution in [3.05, 3.63) is 51.7 Å². The molecule has 2 rings (SSSR count). The first kappa shape index (κ1) is 15.1. The minimum Gasteiger partial charge on any atom is -0.504 e. The molecule has 0 atom stereocenters. The predicted molar refractivity (Wildman–Crippen MR) is 78.0 cm³/mol. The average molecular weight is 381 g/mol. The zero-order chi connectivity index (χ0) is 14.9. The number of rotatable bonds is 3. The van der Waals surface area contributed by atoms with Gasteiger partial charge in [0, 0.05) is 4.47 Å². The normalized spacial score (nSPS) is 11.3. The Balaban J connectivity index is 2.44. The first-order chi connectivity index (χ1) is 9.31. The maximum atomic E-state index is 13.7. The predicted octanol–water partition coefficient (Wildman–Crippen LogP) is 3.75. The van der Waals surface area contributed by atoms with Gasteiger partial charge < -0.3 is 5.11 Å². The van der Waals surface area contributed by atoms with Gasteiger partial charge in [0.2, 0.25) is 0 Å². The van der Waals surface area contributed by atoms with E-state index in [1.165, 1.54) is 24.3 Å². The lowest BCUT2D eigenvalue weighted by Crippen LogP contribution is -2.14. The molecule has 0 amide bonds. The Morgan fingerprint density at radius 1 is 1.25 bits per heavy atom. The van der Waals surface area contributed by atoms with Crippen LogP contribution < -0.4 is 4.72 Å². The standard InChI is InChI=1S/C12H8BrClFNO3S/c13-7-4-5-11(9(15)6-7)20(18,19)16-10-3-1-2-8(14)12(10)17/h1-6,16-17H. The smallest absolute Gasteiger partial charge is 0.264 e. The van der Waals surface area contributed by atoms with E-state index in [0.717, 1.165) is 12.1 Å². The number of phenols is 1. The van der Waals surface area contributed by atoms with Crippen LogP contribution in [0.3, 0.4) is 0 Å². The van der Waals surface area contributed by atoms with Gasteiger partial charge in [0.1, 0.15) is 10.7 Å². The van der Waals surface area contributed by atoms with Gasteiger partial charge in [0.05, 0.1) is 10.7 Å². The molecule has 0 saturated carbocycles. The van der Waals surface area contributed by atoms with Gasteiger partial charge >= 0.3 is 0 Å². The maximum absolute atomic E-state index is 13.7. The van der Waals surface area contributed by atoms with Crippen molar-refractivity contribution < 1.29 is 17.9 Å². The molecule has 0 aliphatic heterocycles. The Morgan fingerprint density at radius 2 is 1.95 bits per heavy atom. The molecule has 0 bridgehead atoms. The van der Waals surface area contributed by atoms with Crippen LogP contribution in [0.25, 0.3) is 0 Å². The van der Waals surface area contributed by atoms with Crippen LogP contribution in [-0.4, -0.2) is 13.5 Å². The van der Waals surface area contributed by atoms with Gasteiger partial charge in [-0.15, -0.1) is 0 Å². The van der Waals surface area contributed by atoms with E-state index in [9.17, 15) is 17.9 Å². The quantitative estimate of drug-likeness (QED) is 0.797. The second kappa shape index (κ2) is 5.59. The average Bonchev–Trinajstić information content (AvgIpc) is 2.34. The third-order valence-electron chi connectivity index (χ3n) is 2.41. The van der Waals surface area contributed by atoms with Gasteiger partial charge in [0.25, 0.3) is 10.0 Å². The Kier molecular flexibility index (Phi) is 4.22. The van der Waals surface area contributed by atoms with Crippen molar-refractivity contribution in [1.29, 1.82) is 0 Å². The summed E-state index contributed by atoms with van der Waals surface area (Å²) in [5.41, 5.74) is -0.125. The van der Waals surface area contributed by atoms with Crippen LogP contribution in [-0.2, 0) is 10.0 Å². The SMILES string of the molecule is O=S(=O)(Nc1cccc(Cl)c1O)c1ccc(Br)cc1F. The summed E-state index contributed by atoms with van der Waals surface area (Å²) in [4.78, 5) is -0.528. The van der Waals surface area contributed by atoms with Crippen molar-refractivity contribution in [2.24, 2.45) is 0 Å². The second-order valence-corrected chi connectivity index (χ2v) is 6.79. The monoisotopic (exact) mass is 379 g/mol. The molecule has 2 N–H and O–H groups in total. The highest BCUT2D eigenvalue weighted by molar-refractivity contribution is 9.10. The fraction of sp³-hybridized carbons (Fsp3) is 0. The number of halogens is 3. The maximum Gasteiger partial charge on any atom is 0.264 e. The molecule has 0 radical (unpaired) electrons. The van der Waals surface area contributed by atoms with E-state index in [-0.39, 0.29) is 10.7 Å². The minimum atomic E-state index is -4.16. The molecule has 0 aliphatic carbocycles. The van der Waals surface area contributed by atoms with Gasteiger partial charge in [-0.3, -0.25) is 4.72 Å². The number of phenolic OH excluding ortho intramolecular Hbond substituents is 1. The molecule has 106 valence electrons. The third-order valence-corrected chi connectivity index (χ3v) is 4.61. The number of nitrogens with one attached hydrogen (secondary N) is 1. The molecule has 0 unspecified atom stereocenters.